The van der Waals surface area contributed by atoms with Crippen molar-refractivity contribution < 1.29 is 9.47 Å². The molecule has 1 aromatic carbocycles. The fourth-order valence-corrected chi connectivity index (χ4v) is 2.71. The average Bonchev–Trinajstić information content (AvgIpc) is 2.48. The van der Waals surface area contributed by atoms with Gasteiger partial charge in [-0.1, -0.05) is 31.5 Å². The second-order valence-electron chi connectivity index (χ2n) is 5.36. The SMILES string of the molecule is CCC(CC)(CNCCOC)c1cc(C)ccc1OC. The monoisotopic (exact) mass is 279 g/mol. The Bertz CT molecular complexity index is 400. The van der Waals surface area contributed by atoms with Gasteiger partial charge in [0.25, 0.3) is 0 Å². The molecule has 0 saturated heterocycles. The van der Waals surface area contributed by atoms with Crippen molar-refractivity contribution in [2.75, 3.05) is 33.9 Å². The molecule has 0 saturated carbocycles. The third-order valence-corrected chi connectivity index (χ3v) is 4.23. The Morgan fingerprint density at radius 2 is 1.85 bits per heavy atom. The molecule has 1 rings (SSSR count). The molecule has 20 heavy (non-hydrogen) atoms. The van der Waals surface area contributed by atoms with E-state index < -0.39 is 0 Å². The van der Waals surface area contributed by atoms with E-state index in [1.807, 2.05) is 0 Å². The van der Waals surface area contributed by atoms with Crippen molar-refractivity contribution in [2.24, 2.45) is 0 Å². The molecule has 3 nitrogen and oxygen atoms in total. The first-order chi connectivity index (χ1) is 9.63. The fourth-order valence-electron chi connectivity index (χ4n) is 2.71. The van der Waals surface area contributed by atoms with Gasteiger partial charge in [-0.05, 0) is 25.8 Å². The molecule has 0 aliphatic heterocycles. The Morgan fingerprint density at radius 3 is 2.40 bits per heavy atom. The predicted molar refractivity (Wildman–Crippen MR) is 84.7 cm³/mol. The molecule has 0 fully saturated rings. The van der Waals surface area contributed by atoms with Gasteiger partial charge in [-0.3, -0.25) is 0 Å². The zero-order chi connectivity index (χ0) is 15.0. The second-order valence-corrected chi connectivity index (χ2v) is 5.36. The third-order valence-electron chi connectivity index (χ3n) is 4.23. The van der Waals surface area contributed by atoms with Crippen molar-refractivity contribution in [3.05, 3.63) is 29.3 Å². The highest BCUT2D eigenvalue weighted by atomic mass is 16.5. The van der Waals surface area contributed by atoms with Crippen LogP contribution in [0.25, 0.3) is 0 Å². The van der Waals surface area contributed by atoms with Crippen LogP contribution >= 0.6 is 0 Å². The number of ether oxygens (including phenoxy) is 2. The summed E-state index contributed by atoms with van der Waals surface area (Å²) in [7, 11) is 3.49. The van der Waals surface area contributed by atoms with E-state index in [-0.39, 0.29) is 5.41 Å². The lowest BCUT2D eigenvalue weighted by Crippen LogP contribution is -2.39. The lowest BCUT2D eigenvalue weighted by molar-refractivity contribution is 0.195. The number of benzene rings is 1. The van der Waals surface area contributed by atoms with Crippen LogP contribution in [0, 0.1) is 6.92 Å². The van der Waals surface area contributed by atoms with Crippen molar-refractivity contribution in [3.8, 4) is 5.75 Å². The summed E-state index contributed by atoms with van der Waals surface area (Å²) < 4.78 is 10.7. The van der Waals surface area contributed by atoms with E-state index in [1.54, 1.807) is 14.2 Å². The maximum Gasteiger partial charge on any atom is 0.122 e. The fraction of sp³-hybridized carbons (Fsp3) is 0.647. The van der Waals surface area contributed by atoms with Crippen LogP contribution in [0.5, 0.6) is 5.75 Å². The van der Waals surface area contributed by atoms with E-state index in [9.17, 15) is 0 Å². The molecule has 0 amide bonds. The number of nitrogens with one attached hydrogen (secondary N) is 1. The Morgan fingerprint density at radius 1 is 1.15 bits per heavy atom. The molecule has 0 bridgehead atoms. The highest BCUT2D eigenvalue weighted by molar-refractivity contribution is 5.42. The number of hydrogen-bond acceptors (Lipinski definition) is 3. The van der Waals surface area contributed by atoms with Crippen molar-refractivity contribution in [3.63, 3.8) is 0 Å². The topological polar surface area (TPSA) is 30.5 Å². The first kappa shape index (κ1) is 17.0. The van der Waals surface area contributed by atoms with E-state index in [2.05, 4.69) is 44.3 Å². The van der Waals surface area contributed by atoms with Gasteiger partial charge in [-0.2, -0.15) is 0 Å². The van der Waals surface area contributed by atoms with Gasteiger partial charge in [0, 0.05) is 31.2 Å². The van der Waals surface area contributed by atoms with Crippen LogP contribution in [0.2, 0.25) is 0 Å². The average molecular weight is 279 g/mol. The molecular weight excluding hydrogens is 250 g/mol. The summed E-state index contributed by atoms with van der Waals surface area (Å²) in [5, 5.41) is 3.52. The molecule has 0 aliphatic carbocycles. The van der Waals surface area contributed by atoms with Crippen LogP contribution in [0.4, 0.5) is 0 Å². The molecule has 3 heteroatoms. The van der Waals surface area contributed by atoms with Crippen molar-refractivity contribution in [1.82, 2.24) is 5.32 Å². The van der Waals surface area contributed by atoms with Crippen LogP contribution in [-0.2, 0) is 10.2 Å². The molecule has 0 heterocycles. The Hall–Kier alpha value is -1.06. The summed E-state index contributed by atoms with van der Waals surface area (Å²) >= 11 is 0. The highest BCUT2D eigenvalue weighted by Gasteiger charge is 2.31. The maximum atomic E-state index is 5.59. The summed E-state index contributed by atoms with van der Waals surface area (Å²) in [4.78, 5) is 0. The molecular formula is C17H29NO2. The molecule has 114 valence electrons. The first-order valence-electron chi connectivity index (χ1n) is 7.48. The third kappa shape index (κ3) is 3.97. The Labute approximate surface area is 123 Å². The normalized spacial score (nSPS) is 11.7. The number of aryl methyl sites for hydroxylation is 1. The number of rotatable bonds is 9. The smallest absolute Gasteiger partial charge is 0.122 e. The highest BCUT2D eigenvalue weighted by Crippen LogP contribution is 2.37. The lowest BCUT2D eigenvalue weighted by atomic mass is 9.75. The summed E-state index contributed by atoms with van der Waals surface area (Å²) in [6.07, 6.45) is 2.17. The van der Waals surface area contributed by atoms with Crippen molar-refractivity contribution >= 4 is 0 Å². The van der Waals surface area contributed by atoms with Crippen LogP contribution in [0.15, 0.2) is 18.2 Å². The second kappa shape index (κ2) is 8.28. The van der Waals surface area contributed by atoms with Crippen LogP contribution in [0.1, 0.15) is 37.8 Å². The van der Waals surface area contributed by atoms with E-state index >= 15 is 0 Å². The van der Waals surface area contributed by atoms with Gasteiger partial charge in [0.1, 0.15) is 5.75 Å². The van der Waals surface area contributed by atoms with Crippen molar-refractivity contribution in [1.29, 1.82) is 0 Å². The zero-order valence-corrected chi connectivity index (χ0v) is 13.6. The van der Waals surface area contributed by atoms with E-state index in [0.29, 0.717) is 0 Å². The van der Waals surface area contributed by atoms with Crippen LogP contribution in [0.3, 0.4) is 0 Å². The predicted octanol–water partition coefficient (Wildman–Crippen LogP) is 3.30. The van der Waals surface area contributed by atoms with Crippen LogP contribution in [-0.4, -0.2) is 33.9 Å². The zero-order valence-electron chi connectivity index (χ0n) is 13.6. The summed E-state index contributed by atoms with van der Waals surface area (Å²) in [5.41, 5.74) is 2.71. The standard InChI is InChI=1S/C17H29NO2/c1-6-17(7-2,13-18-10-11-19-4)15-12-14(3)8-9-16(15)20-5/h8-9,12,18H,6-7,10-11,13H2,1-5H3. The van der Waals surface area contributed by atoms with Gasteiger partial charge >= 0.3 is 0 Å². The van der Waals surface area contributed by atoms with E-state index in [4.69, 9.17) is 9.47 Å². The molecule has 0 aromatic heterocycles. The van der Waals surface area contributed by atoms with E-state index in [0.717, 1.165) is 38.3 Å². The first-order valence-corrected chi connectivity index (χ1v) is 7.48. The quantitative estimate of drug-likeness (QED) is 0.704. The number of hydrogen-bond donors (Lipinski definition) is 1. The minimum absolute atomic E-state index is 0.116. The Balaban J connectivity index is 3.01. The van der Waals surface area contributed by atoms with Gasteiger partial charge in [0.15, 0.2) is 0 Å². The largest absolute Gasteiger partial charge is 0.496 e. The minimum Gasteiger partial charge on any atom is -0.496 e. The molecule has 0 aliphatic rings. The molecule has 0 atom stereocenters. The van der Waals surface area contributed by atoms with E-state index in [1.165, 1.54) is 11.1 Å². The molecule has 0 radical (unpaired) electrons. The molecule has 0 unspecified atom stereocenters. The van der Waals surface area contributed by atoms with Gasteiger partial charge in [0.2, 0.25) is 0 Å². The van der Waals surface area contributed by atoms with Gasteiger partial charge in [0.05, 0.1) is 13.7 Å². The lowest BCUT2D eigenvalue weighted by Gasteiger charge is -2.34. The van der Waals surface area contributed by atoms with Crippen LogP contribution < -0.4 is 10.1 Å². The molecule has 1 N–H and O–H groups in total. The minimum atomic E-state index is 0.116. The molecule has 1 aromatic rings. The maximum absolute atomic E-state index is 5.59. The van der Waals surface area contributed by atoms with Gasteiger partial charge in [-0.15, -0.1) is 0 Å². The molecule has 0 spiro atoms. The van der Waals surface area contributed by atoms with Gasteiger partial charge in [-0.25, -0.2) is 0 Å². The summed E-state index contributed by atoms with van der Waals surface area (Å²) in [6, 6.07) is 6.46. The summed E-state index contributed by atoms with van der Waals surface area (Å²) in [6.45, 7) is 9.22. The Kier molecular flexibility index (Phi) is 7.03. The summed E-state index contributed by atoms with van der Waals surface area (Å²) in [5.74, 6) is 0.993. The van der Waals surface area contributed by atoms with Gasteiger partial charge < -0.3 is 14.8 Å². The van der Waals surface area contributed by atoms with Crippen molar-refractivity contribution in [2.45, 2.75) is 39.0 Å². The number of methoxy groups -OCH3 is 2.